The Morgan fingerprint density at radius 3 is 2.80 bits per heavy atom. The first-order valence-corrected chi connectivity index (χ1v) is 4.13. The minimum Gasteiger partial charge on any atom is -0.285 e. The lowest BCUT2D eigenvalue weighted by Gasteiger charge is -1.88. The van der Waals surface area contributed by atoms with Crippen molar-refractivity contribution < 1.29 is 13.0 Å². The molecule has 0 aromatic carbocycles. The van der Waals surface area contributed by atoms with E-state index in [1.165, 1.54) is 12.3 Å². The molecular formula is C4H6N2O3S. The lowest BCUT2D eigenvalue weighted by molar-refractivity contribution is 0.481. The summed E-state index contributed by atoms with van der Waals surface area (Å²) in [7, 11) is -3.93. The third-order valence-electron chi connectivity index (χ3n) is 0.889. The SMILES string of the molecule is O=S(=O)(O)Cc1cc[nH]n1. The van der Waals surface area contributed by atoms with Crippen molar-refractivity contribution in [3.63, 3.8) is 0 Å². The van der Waals surface area contributed by atoms with Crippen molar-refractivity contribution in [1.82, 2.24) is 10.2 Å². The fourth-order valence-corrected chi connectivity index (χ4v) is 1.09. The van der Waals surface area contributed by atoms with E-state index < -0.39 is 15.9 Å². The van der Waals surface area contributed by atoms with Gasteiger partial charge in [0.25, 0.3) is 10.1 Å². The summed E-state index contributed by atoms with van der Waals surface area (Å²) in [5.74, 6) is -0.434. The Labute approximate surface area is 57.8 Å². The molecule has 0 saturated heterocycles. The Kier molecular flexibility index (Phi) is 1.73. The van der Waals surface area contributed by atoms with Crippen molar-refractivity contribution in [2.75, 3.05) is 0 Å². The second kappa shape index (κ2) is 2.39. The first kappa shape index (κ1) is 7.23. The van der Waals surface area contributed by atoms with E-state index in [4.69, 9.17) is 4.55 Å². The first-order valence-electron chi connectivity index (χ1n) is 2.52. The van der Waals surface area contributed by atoms with E-state index in [9.17, 15) is 8.42 Å². The van der Waals surface area contributed by atoms with Crippen LogP contribution in [0.25, 0.3) is 0 Å². The van der Waals surface area contributed by atoms with Gasteiger partial charge < -0.3 is 0 Å². The van der Waals surface area contributed by atoms with Crippen molar-refractivity contribution in [1.29, 1.82) is 0 Å². The highest BCUT2D eigenvalue weighted by molar-refractivity contribution is 7.84. The Morgan fingerprint density at radius 1 is 1.70 bits per heavy atom. The van der Waals surface area contributed by atoms with Gasteiger partial charge in [-0.1, -0.05) is 0 Å². The Bertz CT molecular complexity index is 288. The summed E-state index contributed by atoms with van der Waals surface area (Å²) in [4.78, 5) is 0. The zero-order valence-corrected chi connectivity index (χ0v) is 5.80. The van der Waals surface area contributed by atoms with E-state index in [2.05, 4.69) is 10.2 Å². The fraction of sp³-hybridized carbons (Fsp3) is 0.250. The van der Waals surface area contributed by atoms with Gasteiger partial charge in [0.1, 0.15) is 5.75 Å². The number of rotatable bonds is 2. The fourth-order valence-electron chi connectivity index (χ4n) is 0.558. The molecule has 1 aromatic rings. The van der Waals surface area contributed by atoms with E-state index in [0.29, 0.717) is 5.69 Å². The molecule has 0 atom stereocenters. The van der Waals surface area contributed by atoms with Crippen LogP contribution >= 0.6 is 0 Å². The molecule has 10 heavy (non-hydrogen) atoms. The number of aromatic amines is 1. The molecule has 0 saturated carbocycles. The van der Waals surface area contributed by atoms with Crippen molar-refractivity contribution in [2.45, 2.75) is 5.75 Å². The van der Waals surface area contributed by atoms with Gasteiger partial charge in [0.15, 0.2) is 0 Å². The molecule has 56 valence electrons. The number of nitrogens with one attached hydrogen (secondary N) is 1. The molecule has 0 fully saturated rings. The summed E-state index contributed by atoms with van der Waals surface area (Å²) in [6, 6.07) is 1.48. The maximum absolute atomic E-state index is 10.2. The second-order valence-corrected chi connectivity index (χ2v) is 3.24. The highest BCUT2D eigenvalue weighted by atomic mass is 32.2. The van der Waals surface area contributed by atoms with Gasteiger partial charge in [0.05, 0.1) is 5.69 Å². The number of hydrogen-bond donors (Lipinski definition) is 2. The summed E-state index contributed by atoms with van der Waals surface area (Å²) in [6.07, 6.45) is 1.49. The van der Waals surface area contributed by atoms with Crippen LogP contribution in [0.5, 0.6) is 0 Å². The van der Waals surface area contributed by atoms with E-state index in [1.807, 2.05) is 0 Å². The number of hydrogen-bond acceptors (Lipinski definition) is 3. The van der Waals surface area contributed by atoms with Crippen LogP contribution in [0.15, 0.2) is 12.3 Å². The molecule has 0 bridgehead atoms. The summed E-state index contributed by atoms with van der Waals surface area (Å²) in [6.45, 7) is 0. The molecule has 1 aromatic heterocycles. The van der Waals surface area contributed by atoms with Gasteiger partial charge in [0.2, 0.25) is 0 Å². The van der Waals surface area contributed by atoms with Crippen molar-refractivity contribution >= 4 is 10.1 Å². The van der Waals surface area contributed by atoms with Gasteiger partial charge in [-0.3, -0.25) is 9.65 Å². The molecule has 6 heteroatoms. The minimum absolute atomic E-state index is 0.308. The van der Waals surface area contributed by atoms with Gasteiger partial charge in [-0.2, -0.15) is 13.5 Å². The monoisotopic (exact) mass is 162 g/mol. The Balaban J connectivity index is 2.75. The van der Waals surface area contributed by atoms with Crippen LogP contribution in [0.1, 0.15) is 5.69 Å². The maximum atomic E-state index is 10.2. The average Bonchev–Trinajstić information content (AvgIpc) is 2.12. The first-order chi connectivity index (χ1) is 4.58. The van der Waals surface area contributed by atoms with Crippen LogP contribution in [-0.4, -0.2) is 23.2 Å². The lowest BCUT2D eigenvalue weighted by atomic mass is 10.5. The average molecular weight is 162 g/mol. The van der Waals surface area contributed by atoms with Gasteiger partial charge in [-0.25, -0.2) is 0 Å². The third kappa shape index (κ3) is 2.16. The molecule has 0 spiro atoms. The van der Waals surface area contributed by atoms with Crippen molar-refractivity contribution in [3.05, 3.63) is 18.0 Å². The van der Waals surface area contributed by atoms with E-state index in [-0.39, 0.29) is 0 Å². The number of nitrogens with zero attached hydrogens (tertiary/aromatic N) is 1. The lowest BCUT2D eigenvalue weighted by Crippen LogP contribution is -2.01. The summed E-state index contributed by atoms with van der Waals surface area (Å²) in [5, 5.41) is 5.96. The van der Waals surface area contributed by atoms with Gasteiger partial charge in [-0.15, -0.1) is 0 Å². The highest BCUT2D eigenvalue weighted by Gasteiger charge is 2.06. The highest BCUT2D eigenvalue weighted by Crippen LogP contribution is 1.97. The molecule has 0 amide bonds. The zero-order chi connectivity index (χ0) is 7.61. The van der Waals surface area contributed by atoms with Crippen LogP contribution in [-0.2, 0) is 15.9 Å². The number of H-pyrrole nitrogens is 1. The number of aromatic nitrogens is 2. The summed E-state index contributed by atoms with van der Waals surface area (Å²) in [5.41, 5.74) is 0.308. The molecule has 0 aliphatic rings. The second-order valence-electron chi connectivity index (χ2n) is 1.79. The molecule has 5 nitrogen and oxygen atoms in total. The smallest absolute Gasteiger partial charge is 0.270 e. The van der Waals surface area contributed by atoms with Gasteiger partial charge in [-0.05, 0) is 6.07 Å². The van der Waals surface area contributed by atoms with Gasteiger partial charge in [0, 0.05) is 6.20 Å². The Hall–Kier alpha value is -0.880. The standard InChI is InChI=1S/C4H6N2O3S/c7-10(8,9)3-4-1-2-5-6-4/h1-2H,3H2,(H,5,6)(H,7,8,9). The van der Waals surface area contributed by atoms with Crippen LogP contribution in [0.3, 0.4) is 0 Å². The van der Waals surface area contributed by atoms with Crippen molar-refractivity contribution in [2.24, 2.45) is 0 Å². The molecule has 1 rings (SSSR count). The predicted molar refractivity (Wildman–Crippen MR) is 33.8 cm³/mol. The topological polar surface area (TPSA) is 83.0 Å². The van der Waals surface area contributed by atoms with Crippen LogP contribution in [0.2, 0.25) is 0 Å². The molecular weight excluding hydrogens is 156 g/mol. The molecule has 2 N–H and O–H groups in total. The summed E-state index contributed by atoms with van der Waals surface area (Å²) >= 11 is 0. The maximum Gasteiger partial charge on any atom is 0.270 e. The molecule has 0 unspecified atom stereocenters. The largest absolute Gasteiger partial charge is 0.285 e. The minimum atomic E-state index is -3.93. The van der Waals surface area contributed by atoms with Crippen LogP contribution in [0, 0.1) is 0 Å². The van der Waals surface area contributed by atoms with Crippen LogP contribution < -0.4 is 0 Å². The van der Waals surface area contributed by atoms with E-state index >= 15 is 0 Å². The normalized spacial score (nSPS) is 11.7. The molecule has 0 aliphatic carbocycles. The zero-order valence-electron chi connectivity index (χ0n) is 4.98. The van der Waals surface area contributed by atoms with Crippen molar-refractivity contribution in [3.8, 4) is 0 Å². The Morgan fingerprint density at radius 2 is 2.40 bits per heavy atom. The van der Waals surface area contributed by atoms with Crippen LogP contribution in [0.4, 0.5) is 0 Å². The molecule has 1 heterocycles. The van der Waals surface area contributed by atoms with Gasteiger partial charge >= 0.3 is 0 Å². The summed E-state index contributed by atoms with van der Waals surface area (Å²) < 4.78 is 28.7. The van der Waals surface area contributed by atoms with E-state index in [0.717, 1.165) is 0 Å². The quantitative estimate of drug-likeness (QED) is 0.590. The molecule has 0 aliphatic heterocycles. The third-order valence-corrected chi connectivity index (χ3v) is 1.55. The predicted octanol–water partition coefficient (Wildman–Crippen LogP) is -0.202. The molecule has 0 radical (unpaired) electrons. The van der Waals surface area contributed by atoms with E-state index in [1.54, 1.807) is 0 Å².